The van der Waals surface area contributed by atoms with Gasteiger partial charge in [0.15, 0.2) is 0 Å². The molecule has 5 rings (SSSR count). The Kier molecular flexibility index (Phi) is 3.79. The molecule has 1 aliphatic heterocycles. The van der Waals surface area contributed by atoms with Crippen LogP contribution >= 0.6 is 15.9 Å². The number of rotatable bonds is 2. The van der Waals surface area contributed by atoms with Crippen molar-refractivity contribution in [2.45, 2.75) is 6.04 Å². The zero-order valence-corrected chi connectivity index (χ0v) is 15.7. The van der Waals surface area contributed by atoms with Gasteiger partial charge in [-0.05, 0) is 52.4 Å². The molecule has 0 radical (unpaired) electrons. The lowest BCUT2D eigenvalue weighted by atomic mass is 9.92. The first-order valence-corrected chi connectivity index (χ1v) is 9.10. The molecule has 2 aromatic heterocycles. The molecule has 1 aliphatic rings. The van der Waals surface area contributed by atoms with Crippen molar-refractivity contribution in [1.82, 2.24) is 30.4 Å². The van der Waals surface area contributed by atoms with E-state index in [0.717, 1.165) is 10.0 Å². The molecule has 0 fully saturated rings. The van der Waals surface area contributed by atoms with E-state index in [-0.39, 0.29) is 5.82 Å². The highest BCUT2D eigenvalue weighted by atomic mass is 79.9. The molecule has 4 aromatic rings. The van der Waals surface area contributed by atoms with Crippen LogP contribution < -0.4 is 10.9 Å². The Balaban J connectivity index is 1.82. The minimum Gasteiger partial charge on any atom is -0.318 e. The molecular weight excluding hydrogens is 429 g/mol. The van der Waals surface area contributed by atoms with Crippen LogP contribution in [-0.4, -0.2) is 30.4 Å². The molecule has 8 nitrogen and oxygen atoms in total. The Morgan fingerprint density at radius 1 is 1.14 bits per heavy atom. The fourth-order valence-electron chi connectivity index (χ4n) is 3.35. The molecule has 0 saturated carbocycles. The number of fused-ring (bicyclic) bond motifs is 2. The predicted molar refractivity (Wildman–Crippen MR) is 103 cm³/mol. The zero-order chi connectivity index (χ0) is 19.3. The molecule has 0 unspecified atom stereocenters. The molecule has 2 N–H and O–H groups in total. The highest BCUT2D eigenvalue weighted by Crippen LogP contribution is 2.41. The van der Waals surface area contributed by atoms with Gasteiger partial charge in [0.2, 0.25) is 5.95 Å². The maximum absolute atomic E-state index is 13.4. The first-order chi connectivity index (χ1) is 13.6. The molecule has 2 aromatic carbocycles. The van der Waals surface area contributed by atoms with E-state index in [1.165, 1.54) is 12.1 Å². The molecule has 0 aliphatic carbocycles. The van der Waals surface area contributed by atoms with Crippen molar-refractivity contribution in [3.8, 4) is 11.3 Å². The average molecular weight is 440 g/mol. The Labute approximate surface area is 165 Å². The molecule has 0 spiro atoms. The fraction of sp³-hybridized carbons (Fsp3) is 0.0556. The lowest BCUT2D eigenvalue weighted by Crippen LogP contribution is -2.29. The standard InChI is InChI=1S/C18H11BrFN7O/c19-11-3-1-2-10(8-11)16-13-14(9-4-6-12(20)7-5-9)22-23-17(28)15(13)21-18-24-25-26-27(16)18/h1-8,16H,(H,23,28)(H,21,24,26)/t16-/m0/s1. The summed E-state index contributed by atoms with van der Waals surface area (Å²) in [7, 11) is 0. The predicted octanol–water partition coefficient (Wildman–Crippen LogP) is 3.02. The summed E-state index contributed by atoms with van der Waals surface area (Å²) in [5.41, 5.74) is 2.55. The van der Waals surface area contributed by atoms with E-state index in [4.69, 9.17) is 0 Å². The number of hydrogen-bond donors (Lipinski definition) is 2. The molecule has 1 atom stereocenters. The molecule has 10 heteroatoms. The second-order valence-electron chi connectivity index (χ2n) is 6.23. The van der Waals surface area contributed by atoms with Crippen molar-refractivity contribution in [3.05, 3.63) is 80.3 Å². The lowest BCUT2D eigenvalue weighted by molar-refractivity contribution is 0.567. The van der Waals surface area contributed by atoms with E-state index in [2.05, 4.69) is 47.0 Å². The van der Waals surface area contributed by atoms with Crippen LogP contribution in [0.1, 0.15) is 17.2 Å². The first-order valence-electron chi connectivity index (χ1n) is 8.30. The van der Waals surface area contributed by atoms with Crippen LogP contribution in [0.4, 0.5) is 16.0 Å². The van der Waals surface area contributed by atoms with Gasteiger partial charge < -0.3 is 5.32 Å². The van der Waals surface area contributed by atoms with Crippen molar-refractivity contribution < 1.29 is 4.39 Å². The van der Waals surface area contributed by atoms with Gasteiger partial charge in [-0.2, -0.15) is 9.78 Å². The molecule has 3 heterocycles. The summed E-state index contributed by atoms with van der Waals surface area (Å²) >= 11 is 3.48. The fourth-order valence-corrected chi connectivity index (χ4v) is 3.77. The summed E-state index contributed by atoms with van der Waals surface area (Å²) in [6, 6.07) is 13.1. The third-order valence-corrected chi connectivity index (χ3v) is 5.04. The minimum atomic E-state index is -0.492. The normalized spacial score (nSPS) is 14.9. The maximum Gasteiger partial charge on any atom is 0.288 e. The van der Waals surface area contributed by atoms with E-state index in [9.17, 15) is 9.18 Å². The lowest BCUT2D eigenvalue weighted by Gasteiger charge is -2.27. The Morgan fingerprint density at radius 2 is 1.96 bits per heavy atom. The monoisotopic (exact) mass is 439 g/mol. The molecule has 0 saturated heterocycles. The van der Waals surface area contributed by atoms with Crippen molar-refractivity contribution in [2.24, 2.45) is 0 Å². The van der Waals surface area contributed by atoms with Gasteiger partial charge in [0.1, 0.15) is 17.5 Å². The van der Waals surface area contributed by atoms with Crippen LogP contribution in [-0.2, 0) is 0 Å². The molecule has 0 bridgehead atoms. The number of nitrogens with one attached hydrogen (secondary N) is 2. The second kappa shape index (κ2) is 6.34. The quantitative estimate of drug-likeness (QED) is 0.438. The summed E-state index contributed by atoms with van der Waals surface area (Å²) in [6.07, 6.45) is 0. The number of nitrogens with zero attached hydrogens (tertiary/aromatic N) is 5. The number of anilines is 2. The number of aromatic nitrogens is 6. The minimum absolute atomic E-state index is 0.307. The summed E-state index contributed by atoms with van der Waals surface area (Å²) in [5.74, 6) is -0.00861. The number of tetrazole rings is 1. The van der Waals surface area contributed by atoms with Gasteiger partial charge in [-0.1, -0.05) is 33.2 Å². The van der Waals surface area contributed by atoms with Gasteiger partial charge in [0.05, 0.1) is 5.69 Å². The summed E-state index contributed by atoms with van der Waals surface area (Å²) in [4.78, 5) is 12.5. The highest BCUT2D eigenvalue weighted by Gasteiger charge is 2.34. The Bertz CT molecular complexity index is 1250. The van der Waals surface area contributed by atoms with Crippen LogP contribution in [0.5, 0.6) is 0 Å². The van der Waals surface area contributed by atoms with Crippen LogP contribution in [0.25, 0.3) is 11.3 Å². The third-order valence-electron chi connectivity index (χ3n) is 4.55. The van der Waals surface area contributed by atoms with Gasteiger partial charge in [0.25, 0.3) is 5.56 Å². The average Bonchev–Trinajstić information content (AvgIpc) is 3.16. The number of halogens is 2. The van der Waals surface area contributed by atoms with E-state index in [0.29, 0.717) is 28.5 Å². The summed E-state index contributed by atoms with van der Waals surface area (Å²) in [6.45, 7) is 0. The van der Waals surface area contributed by atoms with Gasteiger partial charge in [-0.25, -0.2) is 9.49 Å². The maximum atomic E-state index is 13.4. The number of hydrogen-bond acceptors (Lipinski definition) is 6. The van der Waals surface area contributed by atoms with Crippen molar-refractivity contribution in [3.63, 3.8) is 0 Å². The first kappa shape index (κ1) is 16.8. The van der Waals surface area contributed by atoms with Gasteiger partial charge in [-0.15, -0.1) is 0 Å². The molecular formula is C18H11BrFN7O. The van der Waals surface area contributed by atoms with Gasteiger partial charge in [0, 0.05) is 15.6 Å². The Morgan fingerprint density at radius 3 is 2.75 bits per heavy atom. The summed E-state index contributed by atoms with van der Waals surface area (Å²) < 4.78 is 15.9. The number of H-pyrrole nitrogens is 1. The molecule has 0 amide bonds. The second-order valence-corrected chi connectivity index (χ2v) is 7.14. The van der Waals surface area contributed by atoms with Crippen LogP contribution in [0, 0.1) is 5.82 Å². The van der Waals surface area contributed by atoms with Crippen molar-refractivity contribution >= 4 is 27.6 Å². The van der Waals surface area contributed by atoms with Crippen molar-refractivity contribution in [2.75, 3.05) is 5.32 Å². The molecule has 138 valence electrons. The Hall–Kier alpha value is -3.40. The van der Waals surface area contributed by atoms with Crippen LogP contribution in [0.3, 0.4) is 0 Å². The topological polar surface area (TPSA) is 101 Å². The number of benzene rings is 2. The SMILES string of the molecule is O=c1[nH]nc(-c2ccc(F)cc2)c2c1Nc1nnnn1[C@H]2c1cccc(Br)c1. The van der Waals surface area contributed by atoms with Crippen LogP contribution in [0.2, 0.25) is 0 Å². The van der Waals surface area contributed by atoms with E-state index in [1.54, 1.807) is 16.8 Å². The van der Waals surface area contributed by atoms with Gasteiger partial charge in [-0.3, -0.25) is 4.79 Å². The van der Waals surface area contributed by atoms with Gasteiger partial charge >= 0.3 is 0 Å². The molecule has 28 heavy (non-hydrogen) atoms. The zero-order valence-electron chi connectivity index (χ0n) is 14.1. The van der Waals surface area contributed by atoms with Crippen LogP contribution in [0.15, 0.2) is 57.8 Å². The van der Waals surface area contributed by atoms with E-state index < -0.39 is 11.6 Å². The number of aromatic amines is 1. The third kappa shape index (κ3) is 2.61. The van der Waals surface area contributed by atoms with Crippen molar-refractivity contribution in [1.29, 1.82) is 0 Å². The van der Waals surface area contributed by atoms with E-state index in [1.807, 2.05) is 24.3 Å². The summed E-state index contributed by atoms with van der Waals surface area (Å²) in [5, 5.41) is 21.5. The highest BCUT2D eigenvalue weighted by molar-refractivity contribution is 9.10. The smallest absolute Gasteiger partial charge is 0.288 e. The largest absolute Gasteiger partial charge is 0.318 e. The van der Waals surface area contributed by atoms with E-state index >= 15 is 0 Å².